The summed E-state index contributed by atoms with van der Waals surface area (Å²) in [4.78, 5) is 37.9. The van der Waals surface area contributed by atoms with Gasteiger partial charge in [-0.05, 0) is 43.2 Å². The Morgan fingerprint density at radius 2 is 1.97 bits per heavy atom. The third kappa shape index (κ3) is 4.42. The minimum Gasteiger partial charge on any atom is -0.342 e. The van der Waals surface area contributed by atoms with Gasteiger partial charge in [-0.1, -0.05) is 0 Å². The highest BCUT2D eigenvalue weighted by Crippen LogP contribution is 2.26. The third-order valence-electron chi connectivity index (χ3n) is 5.25. The Morgan fingerprint density at radius 3 is 2.77 bits per heavy atom. The molecule has 2 aromatic heterocycles. The van der Waals surface area contributed by atoms with E-state index in [9.17, 15) is 18.4 Å². The summed E-state index contributed by atoms with van der Waals surface area (Å²) in [7, 11) is 0. The lowest BCUT2D eigenvalue weighted by Gasteiger charge is -2.32. The first kappa shape index (κ1) is 19.9. The molecule has 4 rings (SSSR count). The average Bonchev–Trinajstić information content (AvgIpc) is 2.76. The Labute approximate surface area is 171 Å². The molecule has 1 fully saturated rings. The van der Waals surface area contributed by atoms with E-state index in [1.54, 1.807) is 29.4 Å². The Kier molecular flexibility index (Phi) is 5.65. The van der Waals surface area contributed by atoms with Gasteiger partial charge in [-0.25, -0.2) is 13.8 Å². The quantitative estimate of drug-likeness (QED) is 0.717. The molecule has 1 aliphatic heterocycles. The summed E-state index contributed by atoms with van der Waals surface area (Å²) in [5.74, 6) is -1.09. The largest absolute Gasteiger partial charge is 0.342 e. The number of carbonyl (C=O) groups excluding carboxylic acids is 1. The predicted molar refractivity (Wildman–Crippen MR) is 107 cm³/mol. The first-order chi connectivity index (χ1) is 14.5. The van der Waals surface area contributed by atoms with E-state index in [2.05, 4.69) is 15.0 Å². The number of hydrogen-bond acceptors (Lipinski definition) is 4. The minimum absolute atomic E-state index is 0.0355. The molecule has 0 saturated carbocycles. The van der Waals surface area contributed by atoms with Crippen LogP contribution in [0, 0.1) is 11.6 Å². The van der Waals surface area contributed by atoms with E-state index in [0.717, 1.165) is 36.6 Å². The maximum absolute atomic E-state index is 13.9. The fourth-order valence-corrected chi connectivity index (χ4v) is 3.72. The van der Waals surface area contributed by atoms with Gasteiger partial charge in [-0.3, -0.25) is 14.6 Å². The van der Waals surface area contributed by atoms with Gasteiger partial charge in [0, 0.05) is 48.6 Å². The van der Waals surface area contributed by atoms with Gasteiger partial charge < -0.3 is 9.88 Å². The molecule has 6 nitrogen and oxygen atoms in total. The highest BCUT2D eigenvalue weighted by Gasteiger charge is 2.27. The molecule has 1 aromatic carbocycles. The Morgan fingerprint density at radius 1 is 1.17 bits per heavy atom. The number of aromatic nitrogens is 3. The third-order valence-corrected chi connectivity index (χ3v) is 5.25. The van der Waals surface area contributed by atoms with Gasteiger partial charge in [0.1, 0.15) is 17.5 Å². The molecule has 1 amide bonds. The highest BCUT2D eigenvalue weighted by molar-refractivity contribution is 5.79. The lowest BCUT2D eigenvalue weighted by molar-refractivity contribution is -0.131. The van der Waals surface area contributed by atoms with E-state index in [1.165, 1.54) is 6.07 Å². The van der Waals surface area contributed by atoms with E-state index in [1.807, 2.05) is 0 Å². The van der Waals surface area contributed by atoms with Gasteiger partial charge in [0.05, 0.1) is 12.1 Å². The first-order valence-corrected chi connectivity index (χ1v) is 9.73. The molecule has 0 bridgehead atoms. The zero-order chi connectivity index (χ0) is 21.1. The summed E-state index contributed by atoms with van der Waals surface area (Å²) in [5, 5.41) is 0. The lowest BCUT2D eigenvalue weighted by atomic mass is 9.96. The number of piperidine rings is 1. The molecule has 3 aromatic rings. The van der Waals surface area contributed by atoms with Gasteiger partial charge in [-0.2, -0.15) is 0 Å². The topological polar surface area (TPSA) is 79.0 Å². The summed E-state index contributed by atoms with van der Waals surface area (Å²) < 4.78 is 27.3. The lowest BCUT2D eigenvalue weighted by Crippen LogP contribution is -2.40. The molecule has 1 atom stereocenters. The van der Waals surface area contributed by atoms with Gasteiger partial charge in [-0.15, -0.1) is 0 Å². The van der Waals surface area contributed by atoms with Crippen molar-refractivity contribution in [2.24, 2.45) is 0 Å². The first-order valence-electron chi connectivity index (χ1n) is 9.73. The minimum atomic E-state index is -0.602. The van der Waals surface area contributed by atoms with Gasteiger partial charge in [0.15, 0.2) is 0 Å². The average molecular weight is 410 g/mol. The second-order valence-corrected chi connectivity index (χ2v) is 7.34. The second kappa shape index (κ2) is 8.52. The number of benzene rings is 1. The van der Waals surface area contributed by atoms with Crippen molar-refractivity contribution in [2.45, 2.75) is 25.2 Å². The summed E-state index contributed by atoms with van der Waals surface area (Å²) in [6.45, 7) is 0.888. The molecular weight excluding hydrogens is 390 g/mol. The van der Waals surface area contributed by atoms with Crippen LogP contribution in [-0.4, -0.2) is 38.8 Å². The zero-order valence-electron chi connectivity index (χ0n) is 16.1. The summed E-state index contributed by atoms with van der Waals surface area (Å²) in [6.07, 6.45) is 4.54. The number of pyridine rings is 1. The van der Waals surface area contributed by atoms with E-state index >= 15 is 0 Å². The maximum Gasteiger partial charge on any atom is 0.251 e. The van der Waals surface area contributed by atoms with Gasteiger partial charge >= 0.3 is 0 Å². The molecule has 1 aliphatic rings. The number of hydrogen-bond donors (Lipinski definition) is 1. The fraction of sp³-hybridized carbons (Fsp3) is 0.273. The second-order valence-electron chi connectivity index (χ2n) is 7.34. The SMILES string of the molecule is O=C(Cc1cc(F)ccc1F)N1CCCC(c2nc(-c3ccncc3)cc(=O)[nH]2)C1. The van der Waals surface area contributed by atoms with E-state index < -0.39 is 11.6 Å². The molecule has 3 heterocycles. The smallest absolute Gasteiger partial charge is 0.251 e. The van der Waals surface area contributed by atoms with E-state index in [0.29, 0.717) is 24.6 Å². The van der Waals surface area contributed by atoms with Gasteiger partial charge in [0.2, 0.25) is 5.91 Å². The van der Waals surface area contributed by atoms with Crippen LogP contribution in [0.15, 0.2) is 53.6 Å². The zero-order valence-corrected chi connectivity index (χ0v) is 16.1. The highest BCUT2D eigenvalue weighted by atomic mass is 19.1. The number of likely N-dealkylation sites (tertiary alicyclic amines) is 1. The van der Waals surface area contributed by atoms with Crippen LogP contribution in [0.25, 0.3) is 11.3 Å². The molecule has 0 aliphatic carbocycles. The van der Waals surface area contributed by atoms with Crippen molar-refractivity contribution in [3.05, 3.63) is 82.2 Å². The summed E-state index contributed by atoms with van der Waals surface area (Å²) >= 11 is 0. The van der Waals surface area contributed by atoms with Crippen LogP contribution >= 0.6 is 0 Å². The number of H-pyrrole nitrogens is 1. The van der Waals surface area contributed by atoms with Crippen LogP contribution in [0.4, 0.5) is 8.78 Å². The number of halogens is 2. The normalized spacial score (nSPS) is 16.5. The van der Waals surface area contributed by atoms with Crippen molar-refractivity contribution in [1.82, 2.24) is 19.9 Å². The maximum atomic E-state index is 13.9. The van der Waals surface area contributed by atoms with Crippen molar-refractivity contribution in [2.75, 3.05) is 13.1 Å². The summed E-state index contributed by atoms with van der Waals surface area (Å²) in [5.41, 5.74) is 1.09. The Balaban J connectivity index is 1.53. The number of nitrogens with one attached hydrogen (secondary N) is 1. The Bertz CT molecular complexity index is 1120. The van der Waals surface area contributed by atoms with Crippen LogP contribution < -0.4 is 5.56 Å². The molecule has 30 heavy (non-hydrogen) atoms. The molecule has 1 unspecified atom stereocenters. The van der Waals surface area contributed by atoms with Crippen LogP contribution in [0.3, 0.4) is 0 Å². The van der Waals surface area contributed by atoms with Crippen LogP contribution in [0.2, 0.25) is 0 Å². The number of amides is 1. The fourth-order valence-electron chi connectivity index (χ4n) is 3.72. The summed E-state index contributed by atoms with van der Waals surface area (Å²) in [6, 6.07) is 8.07. The molecule has 0 radical (unpaired) electrons. The molecule has 1 saturated heterocycles. The van der Waals surface area contributed by atoms with Crippen molar-refractivity contribution in [3.8, 4) is 11.3 Å². The van der Waals surface area contributed by atoms with Crippen molar-refractivity contribution in [3.63, 3.8) is 0 Å². The molecule has 0 spiro atoms. The van der Waals surface area contributed by atoms with Crippen LogP contribution in [0.1, 0.15) is 30.1 Å². The molecule has 8 heteroatoms. The number of nitrogens with zero attached hydrogens (tertiary/aromatic N) is 3. The van der Waals surface area contributed by atoms with E-state index in [-0.39, 0.29) is 29.4 Å². The van der Waals surface area contributed by atoms with Crippen LogP contribution in [-0.2, 0) is 11.2 Å². The molecular formula is C22H20F2N4O2. The van der Waals surface area contributed by atoms with Crippen LogP contribution in [0.5, 0.6) is 0 Å². The van der Waals surface area contributed by atoms with E-state index in [4.69, 9.17) is 0 Å². The number of rotatable bonds is 4. The number of carbonyl (C=O) groups is 1. The monoisotopic (exact) mass is 410 g/mol. The van der Waals surface area contributed by atoms with Crippen molar-refractivity contribution >= 4 is 5.91 Å². The molecule has 1 N–H and O–H groups in total. The van der Waals surface area contributed by atoms with Crippen molar-refractivity contribution < 1.29 is 13.6 Å². The standard InChI is InChI=1S/C22H20F2N4O2/c23-17-3-4-18(24)16(10-17)11-21(30)28-9-1-2-15(13-28)22-26-19(12-20(29)27-22)14-5-7-25-8-6-14/h3-8,10,12,15H,1-2,9,11,13H2,(H,26,27,29). The van der Waals surface area contributed by atoms with Crippen molar-refractivity contribution in [1.29, 1.82) is 0 Å². The predicted octanol–water partition coefficient (Wildman–Crippen LogP) is 3.06. The van der Waals surface area contributed by atoms with Gasteiger partial charge in [0.25, 0.3) is 5.56 Å². The number of aromatic amines is 1. The molecule has 154 valence electrons. The Hall–Kier alpha value is -3.42.